The Morgan fingerprint density at radius 2 is 2.00 bits per heavy atom. The van der Waals surface area contributed by atoms with Crippen molar-refractivity contribution in [3.8, 4) is 5.75 Å². The van der Waals surface area contributed by atoms with Crippen LogP contribution in [0.4, 0.5) is 4.39 Å². The molecule has 0 spiro atoms. The number of rotatable bonds is 6. The molecule has 0 saturated heterocycles. The molecule has 1 aromatic carbocycles. The van der Waals surface area contributed by atoms with Crippen LogP contribution in [0.5, 0.6) is 5.75 Å². The minimum atomic E-state index is -0.538. The van der Waals surface area contributed by atoms with Crippen molar-refractivity contribution in [1.29, 1.82) is 0 Å². The van der Waals surface area contributed by atoms with Crippen LogP contribution in [-0.2, 0) is 0 Å². The Bertz CT molecular complexity index is 382. The molecule has 102 valence electrons. The van der Waals surface area contributed by atoms with Gasteiger partial charge in [-0.2, -0.15) is 0 Å². The number of aliphatic hydroxyl groups excluding tert-OH is 1. The summed E-state index contributed by atoms with van der Waals surface area (Å²) in [7, 11) is 1.79. The van der Waals surface area contributed by atoms with E-state index in [0.29, 0.717) is 11.3 Å². The number of halogens is 1. The van der Waals surface area contributed by atoms with Gasteiger partial charge in [-0.05, 0) is 26.0 Å². The van der Waals surface area contributed by atoms with Gasteiger partial charge in [0.15, 0.2) is 0 Å². The first-order valence-electron chi connectivity index (χ1n) is 6.23. The van der Waals surface area contributed by atoms with Gasteiger partial charge < -0.3 is 15.2 Å². The van der Waals surface area contributed by atoms with Gasteiger partial charge in [-0.15, -0.1) is 0 Å². The van der Waals surface area contributed by atoms with Gasteiger partial charge in [0.1, 0.15) is 18.2 Å². The van der Waals surface area contributed by atoms with Crippen molar-refractivity contribution in [2.45, 2.75) is 32.9 Å². The molecule has 0 aliphatic carbocycles. The Morgan fingerprint density at radius 1 is 1.33 bits per heavy atom. The van der Waals surface area contributed by atoms with E-state index in [1.165, 1.54) is 6.07 Å². The maximum atomic E-state index is 13.8. The van der Waals surface area contributed by atoms with Crippen LogP contribution in [0.1, 0.15) is 32.4 Å². The van der Waals surface area contributed by atoms with Crippen LogP contribution in [0.15, 0.2) is 18.2 Å². The lowest BCUT2D eigenvalue weighted by molar-refractivity contribution is 0.0700. The second-order valence-corrected chi connectivity index (χ2v) is 4.82. The van der Waals surface area contributed by atoms with Gasteiger partial charge >= 0.3 is 0 Å². The summed E-state index contributed by atoms with van der Waals surface area (Å²) in [6.45, 7) is 5.89. The number of hydrogen-bond acceptors (Lipinski definition) is 3. The van der Waals surface area contributed by atoms with E-state index in [1.807, 2.05) is 20.8 Å². The highest BCUT2D eigenvalue weighted by molar-refractivity contribution is 5.30. The standard InChI is InChI=1S/C14H22FNO2/c1-9(2)14(17)8-18-11-5-6-12(10(3)16-4)13(15)7-11/h5-7,9-10,14,16-17H,8H2,1-4H3. The zero-order valence-electron chi connectivity index (χ0n) is 11.4. The Morgan fingerprint density at radius 3 is 2.50 bits per heavy atom. The van der Waals surface area contributed by atoms with E-state index in [1.54, 1.807) is 19.2 Å². The molecule has 0 aromatic heterocycles. The molecule has 1 aromatic rings. The number of aliphatic hydroxyl groups is 1. The third kappa shape index (κ3) is 3.96. The maximum absolute atomic E-state index is 13.8. The van der Waals surface area contributed by atoms with E-state index < -0.39 is 6.10 Å². The third-order valence-corrected chi connectivity index (χ3v) is 3.06. The highest BCUT2D eigenvalue weighted by Crippen LogP contribution is 2.22. The molecule has 2 unspecified atom stereocenters. The minimum Gasteiger partial charge on any atom is -0.491 e. The molecular weight excluding hydrogens is 233 g/mol. The second-order valence-electron chi connectivity index (χ2n) is 4.82. The monoisotopic (exact) mass is 255 g/mol. The van der Waals surface area contributed by atoms with Crippen molar-refractivity contribution in [2.24, 2.45) is 5.92 Å². The fraction of sp³-hybridized carbons (Fsp3) is 0.571. The zero-order chi connectivity index (χ0) is 13.7. The predicted octanol–water partition coefficient (Wildman–Crippen LogP) is 2.50. The summed E-state index contributed by atoms with van der Waals surface area (Å²) in [5.74, 6) is 0.270. The molecule has 0 saturated carbocycles. The average molecular weight is 255 g/mol. The first kappa shape index (κ1) is 14.9. The molecule has 1 rings (SSSR count). The SMILES string of the molecule is CNC(C)c1ccc(OCC(O)C(C)C)cc1F. The average Bonchev–Trinajstić information content (AvgIpc) is 2.34. The second kappa shape index (κ2) is 6.71. The molecule has 0 aliphatic heterocycles. The molecule has 2 atom stereocenters. The van der Waals surface area contributed by atoms with Gasteiger partial charge in [-0.3, -0.25) is 0 Å². The maximum Gasteiger partial charge on any atom is 0.131 e. The van der Waals surface area contributed by atoms with Gasteiger partial charge in [0.2, 0.25) is 0 Å². The van der Waals surface area contributed by atoms with E-state index in [4.69, 9.17) is 4.74 Å². The highest BCUT2D eigenvalue weighted by atomic mass is 19.1. The van der Waals surface area contributed by atoms with E-state index in [-0.39, 0.29) is 24.4 Å². The lowest BCUT2D eigenvalue weighted by Crippen LogP contribution is -2.23. The fourth-order valence-corrected chi connectivity index (χ4v) is 1.48. The summed E-state index contributed by atoms with van der Waals surface area (Å²) in [5.41, 5.74) is 0.606. The van der Waals surface area contributed by atoms with Crippen molar-refractivity contribution < 1.29 is 14.2 Å². The largest absolute Gasteiger partial charge is 0.491 e. The van der Waals surface area contributed by atoms with Gasteiger partial charge in [-0.1, -0.05) is 19.9 Å². The summed E-state index contributed by atoms with van der Waals surface area (Å²) in [6, 6.07) is 4.74. The molecule has 0 aliphatic rings. The van der Waals surface area contributed by atoms with Crippen molar-refractivity contribution in [2.75, 3.05) is 13.7 Å². The van der Waals surface area contributed by atoms with Gasteiger partial charge in [-0.25, -0.2) is 4.39 Å². The van der Waals surface area contributed by atoms with Crippen molar-refractivity contribution in [1.82, 2.24) is 5.32 Å². The quantitative estimate of drug-likeness (QED) is 0.820. The first-order valence-corrected chi connectivity index (χ1v) is 6.23. The molecule has 18 heavy (non-hydrogen) atoms. The van der Waals surface area contributed by atoms with Gasteiger partial charge in [0.05, 0.1) is 6.10 Å². The normalized spacial score (nSPS) is 14.6. The molecule has 0 bridgehead atoms. The van der Waals surface area contributed by atoms with Crippen LogP contribution in [0.3, 0.4) is 0 Å². The van der Waals surface area contributed by atoms with E-state index in [0.717, 1.165) is 0 Å². The topological polar surface area (TPSA) is 41.5 Å². The van der Waals surface area contributed by atoms with Crippen LogP contribution < -0.4 is 10.1 Å². The Kier molecular flexibility index (Phi) is 5.56. The van der Waals surface area contributed by atoms with E-state index in [2.05, 4.69) is 5.32 Å². The lowest BCUT2D eigenvalue weighted by Gasteiger charge is -2.16. The number of hydrogen-bond donors (Lipinski definition) is 2. The smallest absolute Gasteiger partial charge is 0.131 e. The van der Waals surface area contributed by atoms with Crippen LogP contribution in [-0.4, -0.2) is 24.9 Å². The Balaban J connectivity index is 2.67. The van der Waals surface area contributed by atoms with Gasteiger partial charge in [0.25, 0.3) is 0 Å². The van der Waals surface area contributed by atoms with Crippen molar-refractivity contribution in [3.05, 3.63) is 29.6 Å². The summed E-state index contributed by atoms with van der Waals surface area (Å²) >= 11 is 0. The Labute approximate surface area is 108 Å². The summed E-state index contributed by atoms with van der Waals surface area (Å²) in [6.07, 6.45) is -0.538. The number of benzene rings is 1. The summed E-state index contributed by atoms with van der Waals surface area (Å²) in [4.78, 5) is 0. The van der Waals surface area contributed by atoms with Crippen LogP contribution in [0.2, 0.25) is 0 Å². The molecule has 0 fully saturated rings. The summed E-state index contributed by atoms with van der Waals surface area (Å²) in [5, 5.41) is 12.6. The van der Waals surface area contributed by atoms with E-state index >= 15 is 0 Å². The van der Waals surface area contributed by atoms with Crippen molar-refractivity contribution in [3.63, 3.8) is 0 Å². The molecule has 4 heteroatoms. The van der Waals surface area contributed by atoms with Crippen LogP contribution >= 0.6 is 0 Å². The summed E-state index contributed by atoms with van der Waals surface area (Å²) < 4.78 is 19.2. The van der Waals surface area contributed by atoms with Gasteiger partial charge in [0, 0.05) is 17.7 Å². The molecule has 0 amide bonds. The number of nitrogens with one attached hydrogen (secondary N) is 1. The fourth-order valence-electron chi connectivity index (χ4n) is 1.48. The zero-order valence-corrected chi connectivity index (χ0v) is 11.4. The molecular formula is C14H22FNO2. The molecule has 3 nitrogen and oxygen atoms in total. The van der Waals surface area contributed by atoms with Crippen molar-refractivity contribution >= 4 is 0 Å². The molecule has 0 heterocycles. The van der Waals surface area contributed by atoms with Crippen LogP contribution in [0.25, 0.3) is 0 Å². The van der Waals surface area contributed by atoms with Crippen LogP contribution in [0, 0.1) is 11.7 Å². The lowest BCUT2D eigenvalue weighted by atomic mass is 10.1. The molecule has 2 N–H and O–H groups in total. The Hall–Kier alpha value is -1.13. The number of ether oxygens (including phenoxy) is 1. The predicted molar refractivity (Wildman–Crippen MR) is 70.2 cm³/mol. The molecule has 0 radical (unpaired) electrons. The first-order chi connectivity index (χ1) is 8.45. The van der Waals surface area contributed by atoms with E-state index in [9.17, 15) is 9.50 Å². The third-order valence-electron chi connectivity index (χ3n) is 3.06. The highest BCUT2D eigenvalue weighted by Gasteiger charge is 2.12. The minimum absolute atomic E-state index is 0.0414.